The van der Waals surface area contributed by atoms with Gasteiger partial charge in [-0.2, -0.15) is 0 Å². The van der Waals surface area contributed by atoms with E-state index in [9.17, 15) is 9.59 Å². The zero-order valence-corrected chi connectivity index (χ0v) is 17.4. The van der Waals surface area contributed by atoms with Gasteiger partial charge in [-0.25, -0.2) is 4.98 Å². The highest BCUT2D eigenvalue weighted by molar-refractivity contribution is 7.09. The average molecular weight is 398 g/mol. The molecule has 148 valence electrons. The second kappa shape index (κ2) is 7.66. The molecule has 2 aliphatic heterocycles. The summed E-state index contributed by atoms with van der Waals surface area (Å²) in [6.07, 6.45) is 4.29. The van der Waals surface area contributed by atoms with E-state index in [0.717, 1.165) is 47.8 Å². The van der Waals surface area contributed by atoms with Crippen LogP contribution in [-0.4, -0.2) is 41.3 Å². The molecule has 2 aromatic rings. The van der Waals surface area contributed by atoms with E-state index in [4.69, 9.17) is 0 Å². The van der Waals surface area contributed by atoms with Gasteiger partial charge in [0.2, 0.25) is 11.8 Å². The summed E-state index contributed by atoms with van der Waals surface area (Å²) in [4.78, 5) is 34.6. The van der Waals surface area contributed by atoms with Crippen molar-refractivity contribution in [2.75, 3.05) is 24.5 Å². The van der Waals surface area contributed by atoms with Gasteiger partial charge < -0.3 is 9.80 Å². The number of unbranched alkanes of at least 4 members (excludes halogenated alkanes) is 2. The number of fused-ring (bicyclic) bond motifs is 2. The fraction of sp³-hybridized carbons (Fsp3) is 0.500. The van der Waals surface area contributed by atoms with E-state index in [-0.39, 0.29) is 11.8 Å². The van der Waals surface area contributed by atoms with Crippen molar-refractivity contribution < 1.29 is 9.59 Å². The van der Waals surface area contributed by atoms with E-state index in [1.165, 1.54) is 0 Å². The number of benzene rings is 1. The molecular formula is C22H27N3O2S. The van der Waals surface area contributed by atoms with E-state index in [2.05, 4.69) is 24.0 Å². The predicted octanol–water partition coefficient (Wildman–Crippen LogP) is 3.70. The number of carbonyl (C=O) groups excluding carboxylic acids is 2. The van der Waals surface area contributed by atoms with E-state index in [1.54, 1.807) is 11.3 Å². The number of nitrogens with zero attached hydrogens (tertiary/aromatic N) is 3. The molecule has 5 nitrogen and oxygen atoms in total. The van der Waals surface area contributed by atoms with Crippen molar-refractivity contribution >= 4 is 28.8 Å². The van der Waals surface area contributed by atoms with Crippen LogP contribution >= 0.6 is 11.3 Å². The van der Waals surface area contributed by atoms with Gasteiger partial charge in [0.05, 0.1) is 22.5 Å². The van der Waals surface area contributed by atoms with Crippen LogP contribution in [0.2, 0.25) is 0 Å². The SMILES string of the molecule is CCCCCN1C(=O)C2(CCN(C(=O)Cc3csc(C)n3)C2)c2ccccc21. The minimum atomic E-state index is -0.573. The normalized spacial score (nSPS) is 21.0. The Morgan fingerprint density at radius 3 is 2.86 bits per heavy atom. The smallest absolute Gasteiger partial charge is 0.239 e. The molecule has 1 aromatic heterocycles. The number of hydrogen-bond donors (Lipinski definition) is 0. The van der Waals surface area contributed by atoms with Gasteiger partial charge in [0.25, 0.3) is 0 Å². The number of rotatable bonds is 6. The van der Waals surface area contributed by atoms with Gasteiger partial charge >= 0.3 is 0 Å². The lowest BCUT2D eigenvalue weighted by molar-refractivity contribution is -0.130. The molecular weight excluding hydrogens is 370 g/mol. The molecule has 1 saturated heterocycles. The first kappa shape index (κ1) is 19.1. The summed E-state index contributed by atoms with van der Waals surface area (Å²) in [5.41, 5.74) is 2.38. The van der Waals surface area contributed by atoms with Crippen molar-refractivity contribution in [2.45, 2.75) is 51.4 Å². The van der Waals surface area contributed by atoms with Crippen molar-refractivity contribution in [3.05, 3.63) is 45.9 Å². The van der Waals surface area contributed by atoms with E-state index < -0.39 is 5.41 Å². The Labute approximate surface area is 170 Å². The summed E-state index contributed by atoms with van der Waals surface area (Å²) < 4.78 is 0. The van der Waals surface area contributed by atoms with Crippen LogP contribution in [0.3, 0.4) is 0 Å². The van der Waals surface area contributed by atoms with Gasteiger partial charge in [-0.15, -0.1) is 11.3 Å². The van der Waals surface area contributed by atoms with Gasteiger partial charge in [-0.3, -0.25) is 9.59 Å². The number of likely N-dealkylation sites (tertiary alicyclic amines) is 1. The molecule has 2 aliphatic rings. The van der Waals surface area contributed by atoms with Crippen molar-refractivity contribution in [3.63, 3.8) is 0 Å². The molecule has 1 aromatic carbocycles. The topological polar surface area (TPSA) is 53.5 Å². The third kappa shape index (κ3) is 3.24. The molecule has 0 N–H and O–H groups in total. The maximum absolute atomic E-state index is 13.5. The molecule has 3 heterocycles. The monoisotopic (exact) mass is 397 g/mol. The standard InChI is InChI=1S/C22H27N3O2S/c1-3-4-7-11-25-19-9-6-5-8-18(19)22(21(25)27)10-12-24(15-22)20(26)13-17-14-28-16(2)23-17/h5-6,8-9,14H,3-4,7,10-13,15H2,1-2H3. The molecule has 0 saturated carbocycles. The molecule has 28 heavy (non-hydrogen) atoms. The first-order valence-electron chi connectivity index (χ1n) is 10.2. The fourth-order valence-electron chi connectivity index (χ4n) is 4.51. The number of aryl methyl sites for hydroxylation is 1. The second-order valence-electron chi connectivity index (χ2n) is 7.86. The van der Waals surface area contributed by atoms with Gasteiger partial charge in [0.1, 0.15) is 0 Å². The Kier molecular flexibility index (Phi) is 5.23. The summed E-state index contributed by atoms with van der Waals surface area (Å²) in [6.45, 7) is 5.99. The maximum Gasteiger partial charge on any atom is 0.239 e. The summed E-state index contributed by atoms with van der Waals surface area (Å²) in [6, 6.07) is 8.13. The lowest BCUT2D eigenvalue weighted by Crippen LogP contribution is -2.43. The Bertz CT molecular complexity index is 893. The third-order valence-corrected chi connectivity index (χ3v) is 6.79. The molecule has 0 aliphatic carbocycles. The summed E-state index contributed by atoms with van der Waals surface area (Å²) in [5, 5.41) is 2.92. The van der Waals surface area contributed by atoms with Gasteiger partial charge in [0.15, 0.2) is 0 Å². The van der Waals surface area contributed by atoms with E-state index in [0.29, 0.717) is 25.9 Å². The molecule has 0 bridgehead atoms. The van der Waals surface area contributed by atoms with Crippen LogP contribution in [0.15, 0.2) is 29.6 Å². The van der Waals surface area contributed by atoms with Crippen LogP contribution in [0.25, 0.3) is 0 Å². The quantitative estimate of drug-likeness (QED) is 0.699. The summed E-state index contributed by atoms with van der Waals surface area (Å²) in [5.74, 6) is 0.237. The predicted molar refractivity (Wildman–Crippen MR) is 112 cm³/mol. The zero-order chi connectivity index (χ0) is 19.7. The number of carbonyl (C=O) groups is 2. The molecule has 6 heteroatoms. The van der Waals surface area contributed by atoms with Crippen LogP contribution in [0.5, 0.6) is 0 Å². The largest absolute Gasteiger partial charge is 0.341 e. The average Bonchev–Trinajstić information content (AvgIpc) is 3.37. The van der Waals surface area contributed by atoms with Gasteiger partial charge in [-0.05, 0) is 31.4 Å². The molecule has 1 unspecified atom stereocenters. The van der Waals surface area contributed by atoms with Crippen molar-refractivity contribution in [3.8, 4) is 0 Å². The lowest BCUT2D eigenvalue weighted by Gasteiger charge is -2.24. The lowest BCUT2D eigenvalue weighted by atomic mass is 9.81. The van der Waals surface area contributed by atoms with Crippen molar-refractivity contribution in [2.24, 2.45) is 0 Å². The van der Waals surface area contributed by atoms with Crippen LogP contribution in [0, 0.1) is 6.92 Å². The first-order chi connectivity index (χ1) is 13.5. The molecule has 2 amide bonds. The highest BCUT2D eigenvalue weighted by Crippen LogP contribution is 2.47. The molecule has 0 radical (unpaired) electrons. The Hall–Kier alpha value is -2.21. The highest BCUT2D eigenvalue weighted by Gasteiger charge is 2.54. The van der Waals surface area contributed by atoms with Crippen molar-refractivity contribution in [1.82, 2.24) is 9.88 Å². The summed E-state index contributed by atoms with van der Waals surface area (Å²) >= 11 is 1.57. The summed E-state index contributed by atoms with van der Waals surface area (Å²) in [7, 11) is 0. The van der Waals surface area contributed by atoms with Gasteiger partial charge in [0, 0.05) is 30.7 Å². The van der Waals surface area contributed by atoms with Crippen LogP contribution in [-0.2, 0) is 21.4 Å². The zero-order valence-electron chi connectivity index (χ0n) is 16.6. The molecule has 1 spiro atoms. The van der Waals surface area contributed by atoms with Crippen LogP contribution < -0.4 is 4.90 Å². The number of thiazole rings is 1. The minimum absolute atomic E-state index is 0.0666. The second-order valence-corrected chi connectivity index (χ2v) is 8.93. The first-order valence-corrected chi connectivity index (χ1v) is 11.0. The van der Waals surface area contributed by atoms with E-state index >= 15 is 0 Å². The number of amides is 2. The maximum atomic E-state index is 13.5. The number of para-hydroxylation sites is 1. The minimum Gasteiger partial charge on any atom is -0.341 e. The third-order valence-electron chi connectivity index (χ3n) is 5.97. The van der Waals surface area contributed by atoms with Crippen molar-refractivity contribution in [1.29, 1.82) is 0 Å². The highest BCUT2D eigenvalue weighted by atomic mass is 32.1. The Balaban J connectivity index is 1.54. The molecule has 4 rings (SSSR count). The fourth-order valence-corrected chi connectivity index (χ4v) is 5.12. The van der Waals surface area contributed by atoms with E-state index in [1.807, 2.05) is 34.2 Å². The van der Waals surface area contributed by atoms with Crippen LogP contribution in [0.1, 0.15) is 48.9 Å². The number of aromatic nitrogens is 1. The Morgan fingerprint density at radius 1 is 1.29 bits per heavy atom. The van der Waals surface area contributed by atoms with Gasteiger partial charge in [-0.1, -0.05) is 38.0 Å². The number of hydrogen-bond acceptors (Lipinski definition) is 4. The Morgan fingerprint density at radius 2 is 2.11 bits per heavy atom. The molecule has 1 fully saturated rings. The number of anilines is 1. The van der Waals surface area contributed by atoms with Crippen LogP contribution in [0.4, 0.5) is 5.69 Å². The molecule has 1 atom stereocenters.